The third kappa shape index (κ3) is 3.00. The third-order valence-corrected chi connectivity index (χ3v) is 2.78. The number of methoxy groups -OCH3 is 1. The second-order valence-corrected chi connectivity index (χ2v) is 4.17. The molecule has 0 aliphatic heterocycles. The summed E-state index contributed by atoms with van der Waals surface area (Å²) in [6, 6.07) is 8.23. The highest BCUT2D eigenvalue weighted by Gasteiger charge is 2.11. The van der Waals surface area contributed by atoms with Crippen molar-refractivity contribution in [2.75, 3.05) is 12.4 Å². The highest BCUT2D eigenvalue weighted by molar-refractivity contribution is 6.05. The maximum absolute atomic E-state index is 12.1. The Bertz CT molecular complexity index is 639. The molecule has 5 nitrogen and oxygen atoms in total. The van der Waals surface area contributed by atoms with Crippen LogP contribution in [0.4, 0.5) is 5.69 Å². The van der Waals surface area contributed by atoms with Gasteiger partial charge in [0.1, 0.15) is 5.75 Å². The maximum Gasteiger partial charge on any atom is 0.257 e. The van der Waals surface area contributed by atoms with E-state index in [2.05, 4.69) is 10.3 Å². The van der Waals surface area contributed by atoms with E-state index in [-0.39, 0.29) is 11.7 Å². The molecule has 1 amide bonds. The molecule has 0 saturated heterocycles. The molecule has 0 aliphatic rings. The van der Waals surface area contributed by atoms with Gasteiger partial charge in [-0.25, -0.2) is 0 Å². The molecule has 0 unspecified atom stereocenters. The summed E-state index contributed by atoms with van der Waals surface area (Å²) in [6.45, 7) is 1.47. The highest BCUT2D eigenvalue weighted by Crippen LogP contribution is 2.26. The van der Waals surface area contributed by atoms with E-state index in [4.69, 9.17) is 4.74 Å². The molecule has 0 radical (unpaired) electrons. The molecule has 0 atom stereocenters. The quantitative estimate of drug-likeness (QED) is 0.867. The molecule has 0 spiro atoms. The molecule has 102 valence electrons. The topological polar surface area (TPSA) is 68.3 Å². The van der Waals surface area contributed by atoms with Crippen LogP contribution in [0.3, 0.4) is 0 Å². The largest absolute Gasteiger partial charge is 0.495 e. The molecule has 1 aromatic heterocycles. The minimum atomic E-state index is -0.308. The van der Waals surface area contributed by atoms with Crippen LogP contribution < -0.4 is 10.1 Å². The lowest BCUT2D eigenvalue weighted by molar-refractivity contribution is 0.101. The van der Waals surface area contributed by atoms with Crippen molar-refractivity contribution in [1.29, 1.82) is 0 Å². The van der Waals surface area contributed by atoms with Crippen molar-refractivity contribution in [3.8, 4) is 5.75 Å². The van der Waals surface area contributed by atoms with Crippen molar-refractivity contribution in [2.45, 2.75) is 6.92 Å². The van der Waals surface area contributed by atoms with Gasteiger partial charge < -0.3 is 10.1 Å². The molecule has 0 aliphatic carbocycles. The summed E-state index contributed by atoms with van der Waals surface area (Å²) >= 11 is 0. The maximum atomic E-state index is 12.1. The second-order valence-electron chi connectivity index (χ2n) is 4.17. The van der Waals surface area contributed by atoms with Crippen LogP contribution >= 0.6 is 0 Å². The van der Waals surface area contributed by atoms with E-state index in [9.17, 15) is 9.59 Å². The number of pyridine rings is 1. The number of Topliss-reactive ketones (excluding diaryl/α,β-unsaturated/α-hetero) is 1. The van der Waals surface area contributed by atoms with E-state index in [0.29, 0.717) is 22.6 Å². The normalized spacial score (nSPS) is 9.90. The van der Waals surface area contributed by atoms with Crippen LogP contribution in [0.15, 0.2) is 42.7 Å². The van der Waals surface area contributed by atoms with Gasteiger partial charge in [-0.2, -0.15) is 0 Å². The van der Waals surface area contributed by atoms with E-state index in [0.717, 1.165) is 0 Å². The first kappa shape index (κ1) is 13.7. The van der Waals surface area contributed by atoms with Crippen LogP contribution in [0.25, 0.3) is 0 Å². The van der Waals surface area contributed by atoms with Crippen molar-refractivity contribution < 1.29 is 14.3 Å². The molecule has 2 rings (SSSR count). The van der Waals surface area contributed by atoms with Crippen LogP contribution in [0, 0.1) is 0 Å². The van der Waals surface area contributed by atoms with Gasteiger partial charge in [0.05, 0.1) is 18.4 Å². The summed E-state index contributed by atoms with van der Waals surface area (Å²) in [7, 11) is 1.50. The Kier molecular flexibility index (Phi) is 4.10. The van der Waals surface area contributed by atoms with Gasteiger partial charge in [0.2, 0.25) is 0 Å². The number of amides is 1. The summed E-state index contributed by atoms with van der Waals surface area (Å²) in [4.78, 5) is 27.4. The fourth-order valence-electron chi connectivity index (χ4n) is 1.72. The summed E-state index contributed by atoms with van der Waals surface area (Å²) in [5, 5.41) is 2.72. The lowest BCUT2D eigenvalue weighted by Gasteiger charge is -2.11. The zero-order valence-electron chi connectivity index (χ0n) is 11.2. The van der Waals surface area contributed by atoms with Gasteiger partial charge in [-0.3, -0.25) is 14.6 Å². The molecule has 0 bridgehead atoms. The lowest BCUT2D eigenvalue weighted by atomic mass is 10.1. The van der Waals surface area contributed by atoms with Gasteiger partial charge in [-0.15, -0.1) is 0 Å². The monoisotopic (exact) mass is 270 g/mol. The summed E-state index contributed by atoms with van der Waals surface area (Å²) in [6.07, 6.45) is 3.06. The number of hydrogen-bond donors (Lipinski definition) is 1. The number of carbonyl (C=O) groups excluding carboxylic acids is 2. The van der Waals surface area contributed by atoms with Gasteiger partial charge in [-0.1, -0.05) is 0 Å². The van der Waals surface area contributed by atoms with Gasteiger partial charge in [0, 0.05) is 18.0 Å². The number of benzene rings is 1. The Balaban J connectivity index is 2.30. The minimum Gasteiger partial charge on any atom is -0.495 e. The number of ketones is 1. The Hall–Kier alpha value is -2.69. The van der Waals surface area contributed by atoms with Gasteiger partial charge in [-0.05, 0) is 37.3 Å². The number of nitrogens with zero attached hydrogens (tertiary/aromatic N) is 1. The first-order valence-electron chi connectivity index (χ1n) is 6.02. The minimum absolute atomic E-state index is 0.0791. The van der Waals surface area contributed by atoms with Crippen LogP contribution in [0.2, 0.25) is 0 Å². The van der Waals surface area contributed by atoms with Gasteiger partial charge >= 0.3 is 0 Å². The first-order valence-corrected chi connectivity index (χ1v) is 6.02. The first-order chi connectivity index (χ1) is 9.61. The third-order valence-electron chi connectivity index (χ3n) is 2.78. The molecular formula is C15H14N2O3. The van der Waals surface area contributed by atoms with Crippen LogP contribution in [0.1, 0.15) is 27.6 Å². The fraction of sp³-hybridized carbons (Fsp3) is 0.133. The lowest BCUT2D eigenvalue weighted by Crippen LogP contribution is -2.13. The number of nitrogens with one attached hydrogen (secondary N) is 1. The predicted octanol–water partition coefficient (Wildman–Crippen LogP) is 2.55. The smallest absolute Gasteiger partial charge is 0.257 e. The predicted molar refractivity (Wildman–Crippen MR) is 75.2 cm³/mol. The number of carbonyl (C=O) groups is 2. The van der Waals surface area contributed by atoms with E-state index in [1.807, 2.05) is 0 Å². The fourth-order valence-corrected chi connectivity index (χ4v) is 1.72. The summed E-state index contributed by atoms with van der Waals surface area (Å²) in [5.74, 6) is 0.105. The average Bonchev–Trinajstić information content (AvgIpc) is 2.48. The molecular weight excluding hydrogens is 256 g/mol. The van der Waals surface area contributed by atoms with Crippen LogP contribution in [-0.4, -0.2) is 23.8 Å². The SMILES string of the molecule is COc1ccc(C(C)=O)cc1NC(=O)c1cccnc1. The molecule has 1 heterocycles. The van der Waals surface area contributed by atoms with Crippen LogP contribution in [0.5, 0.6) is 5.75 Å². The number of anilines is 1. The van der Waals surface area contributed by atoms with Crippen molar-refractivity contribution in [2.24, 2.45) is 0 Å². The zero-order valence-corrected chi connectivity index (χ0v) is 11.2. The average molecular weight is 270 g/mol. The van der Waals surface area contributed by atoms with Gasteiger partial charge in [0.25, 0.3) is 5.91 Å². The summed E-state index contributed by atoms with van der Waals surface area (Å²) < 4.78 is 5.18. The van der Waals surface area contributed by atoms with E-state index >= 15 is 0 Å². The Morgan fingerprint density at radius 2 is 2.00 bits per heavy atom. The molecule has 2 aromatic rings. The second kappa shape index (κ2) is 5.97. The van der Waals surface area contributed by atoms with E-state index in [1.54, 1.807) is 36.5 Å². The molecule has 0 saturated carbocycles. The van der Waals surface area contributed by atoms with Crippen molar-refractivity contribution in [1.82, 2.24) is 4.98 Å². The Labute approximate surface area is 116 Å². The number of aromatic nitrogens is 1. The van der Waals surface area contributed by atoms with Gasteiger partial charge in [0.15, 0.2) is 5.78 Å². The van der Waals surface area contributed by atoms with E-state index < -0.39 is 0 Å². The van der Waals surface area contributed by atoms with Crippen molar-refractivity contribution >= 4 is 17.4 Å². The molecule has 20 heavy (non-hydrogen) atoms. The molecule has 1 N–H and O–H groups in total. The van der Waals surface area contributed by atoms with Crippen LogP contribution in [-0.2, 0) is 0 Å². The Morgan fingerprint density at radius 1 is 1.20 bits per heavy atom. The van der Waals surface area contributed by atoms with Crippen molar-refractivity contribution in [3.63, 3.8) is 0 Å². The van der Waals surface area contributed by atoms with Crippen molar-refractivity contribution in [3.05, 3.63) is 53.9 Å². The number of rotatable bonds is 4. The number of ether oxygens (including phenoxy) is 1. The Morgan fingerprint density at radius 3 is 2.60 bits per heavy atom. The standard InChI is InChI=1S/C15H14N2O3/c1-10(18)11-5-6-14(20-2)13(8-11)17-15(19)12-4-3-7-16-9-12/h3-9H,1-2H3,(H,17,19). The molecule has 0 fully saturated rings. The summed E-state index contributed by atoms with van der Waals surface area (Å²) in [5.41, 5.74) is 1.39. The molecule has 1 aromatic carbocycles. The van der Waals surface area contributed by atoms with E-state index in [1.165, 1.54) is 20.2 Å². The molecule has 5 heteroatoms. The number of hydrogen-bond acceptors (Lipinski definition) is 4. The highest BCUT2D eigenvalue weighted by atomic mass is 16.5. The zero-order chi connectivity index (χ0) is 14.5.